The zero-order valence-electron chi connectivity index (χ0n) is 14.9. The molecule has 0 aromatic heterocycles. The zero-order valence-corrected chi connectivity index (χ0v) is 15.7. The first-order chi connectivity index (χ1) is 12.8. The van der Waals surface area contributed by atoms with E-state index in [-0.39, 0.29) is 18.1 Å². The number of ketones is 1. The maximum Gasteiger partial charge on any atom is 0.265 e. The van der Waals surface area contributed by atoms with Gasteiger partial charge in [0.05, 0.1) is 19.4 Å². The molecule has 27 heavy (non-hydrogen) atoms. The summed E-state index contributed by atoms with van der Waals surface area (Å²) in [6.45, 7) is 0.277. The molecule has 1 aliphatic heterocycles. The van der Waals surface area contributed by atoms with E-state index in [0.717, 1.165) is 11.8 Å². The van der Waals surface area contributed by atoms with Gasteiger partial charge in [0, 0.05) is 23.9 Å². The van der Waals surface area contributed by atoms with Crippen molar-refractivity contribution in [1.29, 1.82) is 0 Å². The van der Waals surface area contributed by atoms with Gasteiger partial charge in [-0.3, -0.25) is 13.8 Å². The van der Waals surface area contributed by atoms with Gasteiger partial charge in [-0.05, 0) is 35.9 Å². The minimum Gasteiger partial charge on any atom is -0.381 e. The van der Waals surface area contributed by atoms with Crippen molar-refractivity contribution in [1.82, 2.24) is 0 Å². The number of amides is 1. The number of carbonyl (C=O) groups excluding carboxylic acids is 2. The molecule has 0 saturated carbocycles. The molecule has 8 heteroatoms. The average Bonchev–Trinajstić information content (AvgIpc) is 2.97. The van der Waals surface area contributed by atoms with Crippen LogP contribution in [0.15, 0.2) is 48.5 Å². The fourth-order valence-electron chi connectivity index (χ4n) is 2.96. The van der Waals surface area contributed by atoms with E-state index in [0.29, 0.717) is 17.8 Å². The molecule has 0 aliphatic carbocycles. The van der Waals surface area contributed by atoms with Crippen molar-refractivity contribution >= 4 is 27.5 Å². The molecule has 1 amide bonds. The summed E-state index contributed by atoms with van der Waals surface area (Å²) in [7, 11) is -2.46. The fourth-order valence-corrected chi connectivity index (χ4v) is 3.53. The molecular formula is C19H19NO6S. The molecule has 2 aromatic carbocycles. The maximum atomic E-state index is 12.5. The van der Waals surface area contributed by atoms with Crippen molar-refractivity contribution in [3.05, 3.63) is 65.2 Å². The first kappa shape index (κ1) is 19.2. The summed E-state index contributed by atoms with van der Waals surface area (Å²) in [5.41, 5.74) is 2.54. The van der Waals surface area contributed by atoms with Gasteiger partial charge in [-0.25, -0.2) is 0 Å². The van der Waals surface area contributed by atoms with Gasteiger partial charge in [0.25, 0.3) is 16.0 Å². The molecule has 142 valence electrons. The van der Waals surface area contributed by atoms with E-state index in [9.17, 15) is 18.0 Å². The maximum absolute atomic E-state index is 12.5. The Bertz CT molecular complexity index is 968. The van der Waals surface area contributed by atoms with Crippen molar-refractivity contribution < 1.29 is 26.9 Å². The first-order valence-electron chi connectivity index (χ1n) is 8.21. The summed E-state index contributed by atoms with van der Waals surface area (Å²) in [6.07, 6.45) is -0.378. The zero-order chi connectivity index (χ0) is 19.6. The highest BCUT2D eigenvalue weighted by Gasteiger charge is 2.29. The van der Waals surface area contributed by atoms with Gasteiger partial charge in [0.15, 0.2) is 11.9 Å². The molecule has 2 aromatic rings. The SMILES string of the molecule is COCC(OS(C)(=O)=O)C(=O)c1ccc(N2Cc3ccccc3C2=O)cc1. The van der Waals surface area contributed by atoms with Gasteiger partial charge in [0.1, 0.15) is 0 Å². The summed E-state index contributed by atoms with van der Waals surface area (Å²) < 4.78 is 32.4. The normalized spacial score (nSPS) is 14.9. The van der Waals surface area contributed by atoms with Crippen LogP contribution >= 0.6 is 0 Å². The van der Waals surface area contributed by atoms with E-state index in [2.05, 4.69) is 0 Å². The number of rotatable bonds is 7. The van der Waals surface area contributed by atoms with Crippen molar-refractivity contribution in [3.8, 4) is 0 Å². The molecule has 7 nitrogen and oxygen atoms in total. The Labute approximate surface area is 157 Å². The highest BCUT2D eigenvalue weighted by molar-refractivity contribution is 7.86. The first-order valence-corrected chi connectivity index (χ1v) is 10.0. The van der Waals surface area contributed by atoms with E-state index in [4.69, 9.17) is 8.92 Å². The number of nitrogens with zero attached hydrogens (tertiary/aromatic N) is 1. The van der Waals surface area contributed by atoms with Crippen LogP contribution in [0.2, 0.25) is 0 Å². The topological polar surface area (TPSA) is 90.0 Å². The Morgan fingerprint density at radius 2 is 1.81 bits per heavy atom. The minimum absolute atomic E-state index is 0.0951. The number of fused-ring (bicyclic) bond motifs is 1. The van der Waals surface area contributed by atoms with Crippen LogP contribution in [0.4, 0.5) is 5.69 Å². The average molecular weight is 389 g/mol. The Kier molecular flexibility index (Phi) is 5.41. The van der Waals surface area contributed by atoms with E-state index >= 15 is 0 Å². The van der Waals surface area contributed by atoms with Crippen LogP contribution in [-0.2, 0) is 25.6 Å². The van der Waals surface area contributed by atoms with E-state index in [1.807, 2.05) is 18.2 Å². The molecule has 1 unspecified atom stereocenters. The molecule has 0 bridgehead atoms. The van der Waals surface area contributed by atoms with E-state index in [1.54, 1.807) is 35.2 Å². The lowest BCUT2D eigenvalue weighted by atomic mass is 10.1. The number of carbonyl (C=O) groups is 2. The number of hydrogen-bond acceptors (Lipinski definition) is 6. The third-order valence-corrected chi connectivity index (χ3v) is 4.77. The predicted molar refractivity (Wildman–Crippen MR) is 99.3 cm³/mol. The van der Waals surface area contributed by atoms with Crippen molar-refractivity contribution in [2.45, 2.75) is 12.6 Å². The van der Waals surface area contributed by atoms with Crippen LogP contribution in [0, 0.1) is 0 Å². The molecule has 0 spiro atoms. The second-order valence-electron chi connectivity index (χ2n) is 6.20. The van der Waals surface area contributed by atoms with Gasteiger partial charge in [-0.2, -0.15) is 8.42 Å². The summed E-state index contributed by atoms with van der Waals surface area (Å²) >= 11 is 0. The number of ether oxygens (including phenoxy) is 1. The van der Waals surface area contributed by atoms with Gasteiger partial charge in [-0.1, -0.05) is 18.2 Å². The molecule has 1 atom stereocenters. The quantitative estimate of drug-likeness (QED) is 0.532. The Balaban J connectivity index is 1.79. The van der Waals surface area contributed by atoms with Gasteiger partial charge < -0.3 is 9.64 Å². The van der Waals surface area contributed by atoms with Gasteiger partial charge in [0.2, 0.25) is 0 Å². The lowest BCUT2D eigenvalue weighted by Crippen LogP contribution is -2.31. The predicted octanol–water partition coefficient (Wildman–Crippen LogP) is 2.02. The monoisotopic (exact) mass is 389 g/mol. The number of hydrogen-bond donors (Lipinski definition) is 0. The molecule has 3 rings (SSSR count). The summed E-state index contributed by atoms with van der Waals surface area (Å²) in [6, 6.07) is 13.8. The van der Waals surface area contributed by atoms with Crippen LogP contribution in [0.25, 0.3) is 0 Å². The van der Waals surface area contributed by atoms with Crippen molar-refractivity contribution in [2.24, 2.45) is 0 Å². The van der Waals surface area contributed by atoms with Crippen LogP contribution < -0.4 is 4.90 Å². The third-order valence-electron chi connectivity index (χ3n) is 4.19. The molecule has 1 heterocycles. The molecule has 1 aliphatic rings. The van der Waals surface area contributed by atoms with Crippen LogP contribution in [0.3, 0.4) is 0 Å². The fraction of sp³-hybridized carbons (Fsp3) is 0.263. The summed E-state index contributed by atoms with van der Waals surface area (Å²) in [4.78, 5) is 26.7. The number of benzene rings is 2. The Morgan fingerprint density at radius 1 is 1.15 bits per heavy atom. The highest BCUT2D eigenvalue weighted by atomic mass is 32.2. The van der Waals surface area contributed by atoms with Gasteiger partial charge in [-0.15, -0.1) is 0 Å². The summed E-state index contributed by atoms with van der Waals surface area (Å²) in [5.74, 6) is -0.604. The van der Waals surface area contributed by atoms with Crippen molar-refractivity contribution in [2.75, 3.05) is 24.9 Å². The Morgan fingerprint density at radius 3 is 2.41 bits per heavy atom. The van der Waals surface area contributed by atoms with Crippen molar-refractivity contribution in [3.63, 3.8) is 0 Å². The van der Waals surface area contributed by atoms with E-state index < -0.39 is 22.0 Å². The van der Waals surface area contributed by atoms with Crippen LogP contribution in [-0.4, -0.2) is 46.2 Å². The largest absolute Gasteiger partial charge is 0.381 e. The number of methoxy groups -OCH3 is 1. The second-order valence-corrected chi connectivity index (χ2v) is 7.80. The Hall–Kier alpha value is -2.55. The molecule has 0 fully saturated rings. The lowest BCUT2D eigenvalue weighted by Gasteiger charge is -2.17. The smallest absolute Gasteiger partial charge is 0.265 e. The number of anilines is 1. The molecule has 0 saturated heterocycles. The minimum atomic E-state index is -3.81. The third kappa shape index (κ3) is 4.24. The van der Waals surface area contributed by atoms with E-state index in [1.165, 1.54) is 7.11 Å². The summed E-state index contributed by atoms with van der Waals surface area (Å²) in [5, 5.41) is 0. The second kappa shape index (κ2) is 7.59. The molecular weight excluding hydrogens is 370 g/mol. The molecule has 0 radical (unpaired) electrons. The number of Topliss-reactive ketones (excluding diaryl/α,β-unsaturated/α-hetero) is 1. The molecule has 0 N–H and O–H groups in total. The lowest BCUT2D eigenvalue weighted by molar-refractivity contribution is 0.0580. The van der Waals surface area contributed by atoms with Gasteiger partial charge >= 0.3 is 0 Å². The van der Waals surface area contributed by atoms with Crippen LogP contribution in [0.1, 0.15) is 26.3 Å². The van der Waals surface area contributed by atoms with Crippen LogP contribution in [0.5, 0.6) is 0 Å². The highest BCUT2D eigenvalue weighted by Crippen LogP contribution is 2.28. The standard InChI is InChI=1S/C19H19NO6S/c1-25-12-17(26-27(2,23)24)18(21)13-7-9-15(10-8-13)20-11-14-5-3-4-6-16(14)19(20)22/h3-10,17H,11-12H2,1-2H3.